The first kappa shape index (κ1) is 25.3. The van der Waals surface area contributed by atoms with Gasteiger partial charge in [0.15, 0.2) is 0 Å². The van der Waals surface area contributed by atoms with Crippen LogP contribution in [0.15, 0.2) is 78.2 Å². The van der Waals surface area contributed by atoms with Gasteiger partial charge in [0, 0.05) is 31.8 Å². The highest BCUT2D eigenvalue weighted by Crippen LogP contribution is 2.12. The molecule has 3 aromatic rings. The SMILES string of the molecule is C=CCCCCOCC(CNCc1ccccc1)Nc1cnn(-c2cc(F)cc(F)c2)c(=O)c1. The highest BCUT2D eigenvalue weighted by atomic mass is 19.1. The highest BCUT2D eigenvalue weighted by molar-refractivity contribution is 5.42. The number of unbranched alkanes of at least 4 members (excludes halogenated alkanes) is 2. The molecule has 1 aromatic heterocycles. The summed E-state index contributed by atoms with van der Waals surface area (Å²) in [4.78, 5) is 12.6. The second-order valence-corrected chi connectivity index (χ2v) is 7.94. The average Bonchev–Trinajstić information content (AvgIpc) is 2.81. The standard InChI is InChI=1S/C26H30F2N4O2/c1-2-3-4-8-11-34-19-24(17-29-16-20-9-6-5-7-10-20)31-23-15-26(33)32(30-18-23)25-13-21(27)12-22(28)14-25/h2,5-7,9-10,12-15,18,24,29,31H,1,3-4,8,11,16-17,19H2. The summed E-state index contributed by atoms with van der Waals surface area (Å²) in [6.45, 7) is 6.09. The van der Waals surface area contributed by atoms with Crippen molar-refractivity contribution >= 4 is 5.69 Å². The molecule has 0 amide bonds. The summed E-state index contributed by atoms with van der Waals surface area (Å²) in [5, 5.41) is 10.8. The average molecular weight is 469 g/mol. The van der Waals surface area contributed by atoms with Gasteiger partial charge >= 0.3 is 0 Å². The van der Waals surface area contributed by atoms with E-state index in [0.717, 1.165) is 47.7 Å². The van der Waals surface area contributed by atoms with Crippen LogP contribution >= 0.6 is 0 Å². The number of hydrogen-bond donors (Lipinski definition) is 2. The first-order valence-electron chi connectivity index (χ1n) is 11.3. The number of nitrogens with zero attached hydrogens (tertiary/aromatic N) is 2. The molecule has 0 aliphatic heterocycles. The van der Waals surface area contributed by atoms with Crippen molar-refractivity contribution in [1.82, 2.24) is 15.1 Å². The molecule has 0 bridgehead atoms. The summed E-state index contributed by atoms with van der Waals surface area (Å²) >= 11 is 0. The predicted octanol–water partition coefficient (Wildman–Crippen LogP) is 4.45. The largest absolute Gasteiger partial charge is 0.379 e. The van der Waals surface area contributed by atoms with E-state index in [1.54, 1.807) is 0 Å². The van der Waals surface area contributed by atoms with Crippen LogP contribution in [0.25, 0.3) is 5.69 Å². The summed E-state index contributed by atoms with van der Waals surface area (Å²) in [5.74, 6) is -1.55. The topological polar surface area (TPSA) is 68.2 Å². The molecule has 0 aliphatic rings. The van der Waals surface area contributed by atoms with Crippen LogP contribution < -0.4 is 16.2 Å². The van der Waals surface area contributed by atoms with Gasteiger partial charge in [-0.2, -0.15) is 9.78 Å². The zero-order chi connectivity index (χ0) is 24.2. The van der Waals surface area contributed by atoms with Crippen molar-refractivity contribution in [1.29, 1.82) is 0 Å². The summed E-state index contributed by atoms with van der Waals surface area (Å²) in [6, 6.07) is 14.1. The van der Waals surface area contributed by atoms with E-state index in [1.807, 2.05) is 36.4 Å². The van der Waals surface area contributed by atoms with Gasteiger partial charge in [-0.1, -0.05) is 36.4 Å². The number of hydrogen-bond acceptors (Lipinski definition) is 5. The van der Waals surface area contributed by atoms with Crippen LogP contribution in [-0.2, 0) is 11.3 Å². The van der Waals surface area contributed by atoms with Crippen LogP contribution in [-0.4, -0.2) is 35.6 Å². The van der Waals surface area contributed by atoms with Crippen molar-refractivity contribution in [2.75, 3.05) is 25.1 Å². The van der Waals surface area contributed by atoms with Crippen LogP contribution in [0.2, 0.25) is 0 Å². The van der Waals surface area contributed by atoms with Crippen LogP contribution in [0, 0.1) is 11.6 Å². The molecule has 2 aromatic carbocycles. The molecule has 0 spiro atoms. The van der Waals surface area contributed by atoms with E-state index in [9.17, 15) is 13.6 Å². The third-order valence-corrected chi connectivity index (χ3v) is 5.09. The lowest BCUT2D eigenvalue weighted by atomic mass is 10.2. The lowest BCUT2D eigenvalue weighted by Crippen LogP contribution is -2.37. The van der Waals surface area contributed by atoms with E-state index in [0.29, 0.717) is 32.0 Å². The van der Waals surface area contributed by atoms with Crippen molar-refractivity contribution in [2.24, 2.45) is 0 Å². The number of anilines is 1. The van der Waals surface area contributed by atoms with E-state index in [1.165, 1.54) is 12.3 Å². The van der Waals surface area contributed by atoms with Gasteiger partial charge in [-0.15, -0.1) is 6.58 Å². The van der Waals surface area contributed by atoms with Crippen molar-refractivity contribution in [3.8, 4) is 5.69 Å². The minimum Gasteiger partial charge on any atom is -0.379 e. The van der Waals surface area contributed by atoms with E-state index in [-0.39, 0.29) is 11.7 Å². The lowest BCUT2D eigenvalue weighted by molar-refractivity contribution is 0.121. The van der Waals surface area contributed by atoms with Crippen molar-refractivity contribution in [2.45, 2.75) is 31.8 Å². The summed E-state index contributed by atoms with van der Waals surface area (Å²) < 4.78 is 33.9. The molecule has 1 heterocycles. The van der Waals surface area contributed by atoms with Gasteiger partial charge in [-0.05, 0) is 37.0 Å². The highest BCUT2D eigenvalue weighted by Gasteiger charge is 2.12. The minimum atomic E-state index is -0.777. The number of rotatable bonds is 14. The molecule has 1 atom stereocenters. The molecule has 0 saturated heterocycles. The molecule has 2 N–H and O–H groups in total. The van der Waals surface area contributed by atoms with E-state index in [2.05, 4.69) is 22.3 Å². The Hall–Kier alpha value is -3.36. The van der Waals surface area contributed by atoms with E-state index in [4.69, 9.17) is 4.74 Å². The van der Waals surface area contributed by atoms with Gasteiger partial charge in [0.05, 0.1) is 30.2 Å². The Bertz CT molecular complexity index is 1090. The fourth-order valence-corrected chi connectivity index (χ4v) is 3.43. The Kier molecular flexibility index (Phi) is 9.94. The molecule has 8 heteroatoms. The molecule has 0 radical (unpaired) electrons. The fraction of sp³-hybridized carbons (Fsp3) is 0.308. The second-order valence-electron chi connectivity index (χ2n) is 7.94. The Morgan fingerprint density at radius 2 is 1.85 bits per heavy atom. The summed E-state index contributed by atoms with van der Waals surface area (Å²) in [6.07, 6.45) is 6.28. The Labute approximate surface area is 198 Å². The van der Waals surface area contributed by atoms with Crippen LogP contribution in [0.4, 0.5) is 14.5 Å². The molecular weight excluding hydrogens is 438 g/mol. The quantitative estimate of drug-likeness (QED) is 0.270. The van der Waals surface area contributed by atoms with Crippen molar-refractivity contribution in [3.05, 3.63) is 101 Å². The smallest absolute Gasteiger partial charge is 0.273 e. The molecular formula is C26H30F2N4O2. The van der Waals surface area contributed by atoms with Crippen LogP contribution in [0.5, 0.6) is 0 Å². The molecule has 0 aliphatic carbocycles. The zero-order valence-corrected chi connectivity index (χ0v) is 19.1. The van der Waals surface area contributed by atoms with Gasteiger partial charge in [0.1, 0.15) is 11.6 Å². The first-order valence-corrected chi connectivity index (χ1v) is 11.3. The number of allylic oxidation sites excluding steroid dienone is 1. The molecule has 3 rings (SSSR count). The maximum atomic E-state index is 13.5. The molecule has 6 nitrogen and oxygen atoms in total. The summed E-state index contributed by atoms with van der Waals surface area (Å²) in [7, 11) is 0. The van der Waals surface area contributed by atoms with Gasteiger partial charge in [0.25, 0.3) is 5.56 Å². The zero-order valence-electron chi connectivity index (χ0n) is 19.1. The summed E-state index contributed by atoms with van der Waals surface area (Å²) in [5.41, 5.74) is 1.19. The normalized spacial score (nSPS) is 11.8. The third kappa shape index (κ3) is 8.20. The number of benzene rings is 2. The second kappa shape index (κ2) is 13.4. The maximum Gasteiger partial charge on any atom is 0.273 e. The van der Waals surface area contributed by atoms with Crippen molar-refractivity contribution in [3.63, 3.8) is 0 Å². The van der Waals surface area contributed by atoms with E-state index < -0.39 is 17.2 Å². The fourth-order valence-electron chi connectivity index (χ4n) is 3.43. The monoisotopic (exact) mass is 468 g/mol. The van der Waals surface area contributed by atoms with E-state index >= 15 is 0 Å². The number of ether oxygens (including phenoxy) is 1. The first-order chi connectivity index (χ1) is 16.5. The van der Waals surface area contributed by atoms with Gasteiger partial charge in [-0.3, -0.25) is 4.79 Å². The minimum absolute atomic E-state index is 0.0259. The van der Waals surface area contributed by atoms with Gasteiger partial charge in [0.2, 0.25) is 0 Å². The Balaban J connectivity index is 1.63. The predicted molar refractivity (Wildman–Crippen MR) is 130 cm³/mol. The van der Waals surface area contributed by atoms with Crippen LogP contribution in [0.1, 0.15) is 24.8 Å². The molecule has 34 heavy (non-hydrogen) atoms. The molecule has 1 unspecified atom stereocenters. The number of nitrogens with one attached hydrogen (secondary N) is 2. The molecule has 0 saturated carbocycles. The number of aromatic nitrogens is 2. The van der Waals surface area contributed by atoms with Gasteiger partial charge in [-0.25, -0.2) is 8.78 Å². The lowest BCUT2D eigenvalue weighted by Gasteiger charge is -2.21. The molecule has 180 valence electrons. The van der Waals surface area contributed by atoms with Crippen molar-refractivity contribution < 1.29 is 13.5 Å². The number of halogens is 2. The Morgan fingerprint density at radius 3 is 2.56 bits per heavy atom. The Morgan fingerprint density at radius 1 is 1.09 bits per heavy atom. The third-order valence-electron chi connectivity index (χ3n) is 5.09. The maximum absolute atomic E-state index is 13.5. The van der Waals surface area contributed by atoms with Crippen LogP contribution in [0.3, 0.4) is 0 Å². The van der Waals surface area contributed by atoms with Gasteiger partial charge < -0.3 is 15.4 Å². The molecule has 0 fully saturated rings.